The minimum Gasteiger partial charge on any atom is -0.339 e. The van der Waals surface area contributed by atoms with Gasteiger partial charge in [0.2, 0.25) is 5.91 Å². The summed E-state index contributed by atoms with van der Waals surface area (Å²) in [5.74, 6) is 1.11. The number of aromatic nitrogens is 3. The lowest BCUT2D eigenvalue weighted by atomic mass is 10.1. The van der Waals surface area contributed by atoms with Crippen LogP contribution in [0.2, 0.25) is 10.0 Å². The first kappa shape index (κ1) is 23.1. The molecule has 32 heavy (non-hydrogen) atoms. The molecule has 1 saturated heterocycles. The van der Waals surface area contributed by atoms with Crippen molar-refractivity contribution in [1.82, 2.24) is 24.6 Å². The van der Waals surface area contributed by atoms with Gasteiger partial charge in [-0.2, -0.15) is 0 Å². The first-order valence-electron chi connectivity index (χ1n) is 10.6. The minimum absolute atomic E-state index is 0.117. The molecular weight excluding hydrogens is 465 g/mol. The summed E-state index contributed by atoms with van der Waals surface area (Å²) >= 11 is 13.8. The molecular formula is C23H25Cl2N5OS. The van der Waals surface area contributed by atoms with Crippen LogP contribution in [0.3, 0.4) is 0 Å². The largest absolute Gasteiger partial charge is 0.339 e. The van der Waals surface area contributed by atoms with Crippen molar-refractivity contribution >= 4 is 40.9 Å². The SMILES string of the molecule is CCN1CCN(C(=O)CSc2nnc(-c3ccc(C)cc3)n2-c2ccc(Cl)c(Cl)c2)CC1. The standard InChI is InChI=1S/C23H25Cl2N5OS/c1-3-28-10-12-29(13-11-28)21(31)15-32-23-27-26-22(17-6-4-16(2)5-7-17)30(23)18-8-9-19(24)20(25)14-18/h4-9,14H,3,10-13,15H2,1-2H3. The molecule has 0 radical (unpaired) electrons. The predicted molar refractivity (Wildman–Crippen MR) is 131 cm³/mol. The molecule has 2 aromatic carbocycles. The Morgan fingerprint density at radius 2 is 1.72 bits per heavy atom. The van der Waals surface area contributed by atoms with Crippen molar-refractivity contribution < 1.29 is 4.79 Å². The zero-order chi connectivity index (χ0) is 22.7. The normalized spacial score (nSPS) is 14.7. The van der Waals surface area contributed by atoms with Gasteiger partial charge in [0.25, 0.3) is 0 Å². The van der Waals surface area contributed by atoms with Crippen molar-refractivity contribution in [2.24, 2.45) is 0 Å². The molecule has 0 aliphatic carbocycles. The van der Waals surface area contributed by atoms with Gasteiger partial charge in [-0.3, -0.25) is 9.36 Å². The first-order chi connectivity index (χ1) is 15.5. The van der Waals surface area contributed by atoms with Crippen LogP contribution in [0.15, 0.2) is 47.6 Å². The number of rotatable bonds is 6. The van der Waals surface area contributed by atoms with Crippen molar-refractivity contribution in [1.29, 1.82) is 0 Å². The molecule has 0 unspecified atom stereocenters. The second-order valence-electron chi connectivity index (χ2n) is 7.71. The molecule has 1 amide bonds. The summed E-state index contributed by atoms with van der Waals surface area (Å²) in [6.45, 7) is 8.58. The Hall–Kier alpha value is -2.06. The van der Waals surface area contributed by atoms with Gasteiger partial charge >= 0.3 is 0 Å². The van der Waals surface area contributed by atoms with E-state index >= 15 is 0 Å². The fourth-order valence-electron chi connectivity index (χ4n) is 3.64. The van der Waals surface area contributed by atoms with E-state index in [2.05, 4.69) is 22.0 Å². The topological polar surface area (TPSA) is 54.3 Å². The van der Waals surface area contributed by atoms with E-state index in [-0.39, 0.29) is 5.91 Å². The van der Waals surface area contributed by atoms with Gasteiger partial charge in [0.1, 0.15) is 0 Å². The molecule has 0 bridgehead atoms. The number of benzene rings is 2. The van der Waals surface area contributed by atoms with E-state index in [1.54, 1.807) is 12.1 Å². The average molecular weight is 490 g/mol. The van der Waals surface area contributed by atoms with Crippen LogP contribution < -0.4 is 0 Å². The van der Waals surface area contributed by atoms with E-state index in [0.717, 1.165) is 49.5 Å². The number of amides is 1. The third-order valence-electron chi connectivity index (χ3n) is 5.60. The van der Waals surface area contributed by atoms with E-state index in [4.69, 9.17) is 23.2 Å². The van der Waals surface area contributed by atoms with Crippen molar-refractivity contribution in [2.75, 3.05) is 38.5 Å². The number of hydrogen-bond acceptors (Lipinski definition) is 5. The zero-order valence-electron chi connectivity index (χ0n) is 18.1. The fraction of sp³-hybridized carbons (Fsp3) is 0.348. The molecule has 3 aromatic rings. The minimum atomic E-state index is 0.117. The lowest BCUT2D eigenvalue weighted by Crippen LogP contribution is -2.49. The van der Waals surface area contributed by atoms with Crippen molar-refractivity contribution in [2.45, 2.75) is 19.0 Å². The number of thioether (sulfide) groups is 1. The van der Waals surface area contributed by atoms with E-state index in [9.17, 15) is 4.79 Å². The van der Waals surface area contributed by atoms with Gasteiger partial charge in [0, 0.05) is 31.7 Å². The van der Waals surface area contributed by atoms with Crippen LogP contribution in [0.5, 0.6) is 0 Å². The number of carbonyl (C=O) groups excluding carboxylic acids is 1. The maximum Gasteiger partial charge on any atom is 0.233 e. The number of aryl methyl sites for hydroxylation is 1. The van der Waals surface area contributed by atoms with Crippen LogP contribution in [-0.2, 0) is 4.79 Å². The second kappa shape index (κ2) is 10.3. The molecule has 0 atom stereocenters. The Morgan fingerprint density at radius 1 is 1.00 bits per heavy atom. The third kappa shape index (κ3) is 5.12. The summed E-state index contributed by atoms with van der Waals surface area (Å²) in [4.78, 5) is 17.1. The molecule has 0 N–H and O–H groups in total. The third-order valence-corrected chi connectivity index (χ3v) is 7.25. The van der Waals surface area contributed by atoms with Crippen LogP contribution in [0, 0.1) is 6.92 Å². The molecule has 9 heteroatoms. The summed E-state index contributed by atoms with van der Waals surface area (Å²) < 4.78 is 1.93. The Labute approximate surface area is 202 Å². The molecule has 4 rings (SSSR count). The van der Waals surface area contributed by atoms with Gasteiger partial charge in [-0.05, 0) is 31.7 Å². The van der Waals surface area contributed by atoms with E-state index < -0.39 is 0 Å². The molecule has 6 nitrogen and oxygen atoms in total. The average Bonchev–Trinajstić information content (AvgIpc) is 3.23. The Morgan fingerprint density at radius 3 is 2.38 bits per heavy atom. The van der Waals surface area contributed by atoms with E-state index in [1.165, 1.54) is 11.8 Å². The number of hydrogen-bond donors (Lipinski definition) is 0. The number of halogens is 2. The van der Waals surface area contributed by atoms with Crippen molar-refractivity contribution in [3.8, 4) is 17.1 Å². The maximum absolute atomic E-state index is 12.8. The lowest BCUT2D eigenvalue weighted by molar-refractivity contribution is -0.130. The summed E-state index contributed by atoms with van der Waals surface area (Å²) in [6, 6.07) is 13.5. The van der Waals surface area contributed by atoms with Gasteiger partial charge in [0.05, 0.1) is 21.5 Å². The predicted octanol–water partition coefficient (Wildman–Crippen LogP) is 4.81. The monoisotopic (exact) mass is 489 g/mol. The highest BCUT2D eigenvalue weighted by atomic mass is 35.5. The highest BCUT2D eigenvalue weighted by Gasteiger charge is 2.22. The smallest absolute Gasteiger partial charge is 0.233 e. The molecule has 2 heterocycles. The molecule has 1 aliphatic rings. The van der Waals surface area contributed by atoms with Crippen LogP contribution >= 0.6 is 35.0 Å². The second-order valence-corrected chi connectivity index (χ2v) is 9.47. The maximum atomic E-state index is 12.8. The highest BCUT2D eigenvalue weighted by Crippen LogP contribution is 2.31. The van der Waals surface area contributed by atoms with Crippen LogP contribution in [0.1, 0.15) is 12.5 Å². The molecule has 1 aromatic heterocycles. The van der Waals surface area contributed by atoms with Gasteiger partial charge in [-0.1, -0.05) is 71.7 Å². The number of carbonyl (C=O) groups is 1. The quantitative estimate of drug-likeness (QED) is 0.465. The van der Waals surface area contributed by atoms with E-state index in [1.807, 2.05) is 46.7 Å². The van der Waals surface area contributed by atoms with Gasteiger partial charge in [0.15, 0.2) is 11.0 Å². The number of nitrogens with zero attached hydrogens (tertiary/aromatic N) is 5. The van der Waals surface area contributed by atoms with E-state index in [0.29, 0.717) is 26.8 Å². The van der Waals surface area contributed by atoms with Crippen LogP contribution in [-0.4, -0.2) is 68.9 Å². The summed E-state index contributed by atoms with van der Waals surface area (Å²) in [5.41, 5.74) is 2.90. The number of likely N-dealkylation sites (N-methyl/N-ethyl adjacent to an activating group) is 1. The highest BCUT2D eigenvalue weighted by molar-refractivity contribution is 7.99. The molecule has 168 valence electrons. The van der Waals surface area contributed by atoms with Gasteiger partial charge in [-0.25, -0.2) is 0 Å². The Bertz CT molecular complexity index is 1090. The zero-order valence-corrected chi connectivity index (χ0v) is 20.4. The Kier molecular flexibility index (Phi) is 7.40. The Balaban J connectivity index is 1.60. The van der Waals surface area contributed by atoms with Crippen molar-refractivity contribution in [3.63, 3.8) is 0 Å². The lowest BCUT2D eigenvalue weighted by Gasteiger charge is -2.34. The molecule has 1 aliphatic heterocycles. The fourth-order valence-corrected chi connectivity index (χ4v) is 4.79. The van der Waals surface area contributed by atoms with Crippen LogP contribution in [0.4, 0.5) is 0 Å². The summed E-state index contributed by atoms with van der Waals surface area (Å²) in [6.07, 6.45) is 0. The summed E-state index contributed by atoms with van der Waals surface area (Å²) in [5, 5.41) is 10.4. The first-order valence-corrected chi connectivity index (χ1v) is 12.3. The molecule has 0 spiro atoms. The van der Waals surface area contributed by atoms with Gasteiger partial charge in [-0.15, -0.1) is 10.2 Å². The van der Waals surface area contributed by atoms with Crippen molar-refractivity contribution in [3.05, 3.63) is 58.1 Å². The summed E-state index contributed by atoms with van der Waals surface area (Å²) in [7, 11) is 0. The number of piperazine rings is 1. The molecule has 0 saturated carbocycles. The molecule has 1 fully saturated rings. The van der Waals surface area contributed by atoms with Gasteiger partial charge < -0.3 is 9.80 Å². The van der Waals surface area contributed by atoms with Crippen LogP contribution in [0.25, 0.3) is 17.1 Å².